The van der Waals surface area contributed by atoms with E-state index in [1.54, 1.807) is 14.2 Å². The van der Waals surface area contributed by atoms with Crippen LogP contribution in [0.1, 0.15) is 23.5 Å². The number of hydrogen-bond donors (Lipinski definition) is 2. The van der Waals surface area contributed by atoms with Crippen molar-refractivity contribution in [2.24, 2.45) is 4.99 Å². The van der Waals surface area contributed by atoms with Gasteiger partial charge in [0.25, 0.3) is 0 Å². The van der Waals surface area contributed by atoms with Gasteiger partial charge < -0.3 is 24.7 Å². The topological polar surface area (TPSA) is 62.0 Å². The highest BCUT2D eigenvalue weighted by atomic mass is 127. The van der Waals surface area contributed by atoms with E-state index in [4.69, 9.17) is 9.15 Å². The Hall–Kier alpha value is -1.90. The number of hydrogen-bond acceptors (Lipinski definition) is 4. The molecular formula is C20H29IN4O2. The standard InChI is InChI=1S/C20H28N4O2.HI/c1-14-11-16(15(2)26-14)12-22-20(21-3)23-17-9-10-24(13-17)18-7-5-6-8-19(18)25-4;/h5-8,11,17H,9-10,12-13H2,1-4H3,(H2,21,22,23);1H. The van der Waals surface area contributed by atoms with E-state index in [0.29, 0.717) is 12.6 Å². The lowest BCUT2D eigenvalue weighted by Gasteiger charge is -2.22. The SMILES string of the molecule is CN=C(NCc1cc(C)oc1C)NC1CCN(c2ccccc2OC)C1.I. The van der Waals surface area contributed by atoms with E-state index < -0.39 is 0 Å². The molecular weight excluding hydrogens is 455 g/mol. The molecule has 3 rings (SSSR count). The normalized spacial score (nSPS) is 16.8. The summed E-state index contributed by atoms with van der Waals surface area (Å²) in [4.78, 5) is 6.71. The van der Waals surface area contributed by atoms with Crippen LogP contribution in [-0.2, 0) is 6.54 Å². The zero-order chi connectivity index (χ0) is 18.5. The van der Waals surface area contributed by atoms with Crippen LogP contribution in [0, 0.1) is 13.8 Å². The molecule has 2 aromatic rings. The minimum absolute atomic E-state index is 0. The molecule has 1 aromatic heterocycles. The number of ether oxygens (including phenoxy) is 1. The minimum atomic E-state index is 0. The molecule has 1 unspecified atom stereocenters. The fraction of sp³-hybridized carbons (Fsp3) is 0.450. The van der Waals surface area contributed by atoms with Crippen LogP contribution >= 0.6 is 24.0 Å². The maximum atomic E-state index is 5.58. The van der Waals surface area contributed by atoms with E-state index in [-0.39, 0.29) is 24.0 Å². The summed E-state index contributed by atoms with van der Waals surface area (Å²) in [5.41, 5.74) is 2.30. The number of aryl methyl sites for hydroxylation is 2. The number of anilines is 1. The summed E-state index contributed by atoms with van der Waals surface area (Å²) >= 11 is 0. The molecule has 2 heterocycles. The Kier molecular flexibility index (Phi) is 7.82. The Morgan fingerprint density at radius 1 is 1.33 bits per heavy atom. The molecule has 1 atom stereocenters. The monoisotopic (exact) mass is 484 g/mol. The van der Waals surface area contributed by atoms with Crippen LogP contribution in [0.25, 0.3) is 0 Å². The molecule has 1 saturated heterocycles. The lowest BCUT2D eigenvalue weighted by molar-refractivity contribution is 0.415. The lowest BCUT2D eigenvalue weighted by Crippen LogP contribution is -2.44. The fourth-order valence-electron chi connectivity index (χ4n) is 3.41. The van der Waals surface area contributed by atoms with Crippen LogP contribution in [0.3, 0.4) is 0 Å². The van der Waals surface area contributed by atoms with Crippen molar-refractivity contribution in [1.82, 2.24) is 10.6 Å². The summed E-state index contributed by atoms with van der Waals surface area (Å²) in [5.74, 6) is 3.62. The highest BCUT2D eigenvalue weighted by Crippen LogP contribution is 2.30. The number of rotatable bonds is 5. The van der Waals surface area contributed by atoms with E-state index in [2.05, 4.69) is 32.7 Å². The molecule has 0 radical (unpaired) electrons. The Morgan fingerprint density at radius 2 is 2.11 bits per heavy atom. The van der Waals surface area contributed by atoms with E-state index in [1.165, 1.54) is 0 Å². The fourth-order valence-corrected chi connectivity index (χ4v) is 3.41. The molecule has 6 nitrogen and oxygen atoms in total. The first-order chi connectivity index (χ1) is 12.6. The molecule has 1 aliphatic heterocycles. The second-order valence-electron chi connectivity index (χ2n) is 6.61. The van der Waals surface area contributed by atoms with Gasteiger partial charge in [0.05, 0.1) is 12.8 Å². The molecule has 1 aliphatic rings. The van der Waals surface area contributed by atoms with Gasteiger partial charge in [0.1, 0.15) is 17.3 Å². The van der Waals surface area contributed by atoms with Crippen LogP contribution in [0.2, 0.25) is 0 Å². The molecule has 7 heteroatoms. The van der Waals surface area contributed by atoms with Gasteiger partial charge in [-0.05, 0) is 38.5 Å². The first-order valence-electron chi connectivity index (χ1n) is 9.01. The van der Waals surface area contributed by atoms with Gasteiger partial charge in [-0.15, -0.1) is 24.0 Å². The Labute approximate surface area is 178 Å². The smallest absolute Gasteiger partial charge is 0.191 e. The number of nitrogens with zero attached hydrogens (tertiary/aromatic N) is 2. The van der Waals surface area contributed by atoms with Crippen LogP contribution in [0.5, 0.6) is 5.75 Å². The summed E-state index contributed by atoms with van der Waals surface area (Å²) in [6.07, 6.45) is 1.06. The summed E-state index contributed by atoms with van der Waals surface area (Å²) < 4.78 is 11.1. The number of halogens is 1. The Bertz CT molecular complexity index is 775. The first kappa shape index (κ1) is 21.4. The van der Waals surface area contributed by atoms with Gasteiger partial charge in [-0.1, -0.05) is 12.1 Å². The van der Waals surface area contributed by atoms with E-state index >= 15 is 0 Å². The third kappa shape index (κ3) is 5.31. The number of nitrogens with one attached hydrogen (secondary N) is 2. The van der Waals surface area contributed by atoms with Crippen LogP contribution in [-0.4, -0.2) is 39.2 Å². The predicted molar refractivity (Wildman–Crippen MR) is 121 cm³/mol. The second kappa shape index (κ2) is 9.87. The highest BCUT2D eigenvalue weighted by Gasteiger charge is 2.25. The van der Waals surface area contributed by atoms with Gasteiger partial charge in [0, 0.05) is 38.3 Å². The van der Waals surface area contributed by atoms with Gasteiger partial charge in [-0.2, -0.15) is 0 Å². The van der Waals surface area contributed by atoms with Crippen LogP contribution in [0.15, 0.2) is 39.7 Å². The molecule has 0 spiro atoms. The van der Waals surface area contributed by atoms with Crippen molar-refractivity contribution in [2.45, 2.75) is 32.9 Å². The molecule has 0 bridgehead atoms. The molecule has 27 heavy (non-hydrogen) atoms. The Morgan fingerprint density at radius 3 is 2.78 bits per heavy atom. The zero-order valence-electron chi connectivity index (χ0n) is 16.4. The summed E-state index contributed by atoms with van der Waals surface area (Å²) in [6, 6.07) is 10.6. The van der Waals surface area contributed by atoms with Crippen molar-refractivity contribution in [1.29, 1.82) is 0 Å². The number of guanidine groups is 1. The average Bonchev–Trinajstić information content (AvgIpc) is 3.24. The number of methoxy groups -OCH3 is 1. The van der Waals surface area contributed by atoms with Gasteiger partial charge in [0.15, 0.2) is 5.96 Å². The number of aliphatic imine (C=N–C) groups is 1. The molecule has 1 aromatic carbocycles. The van der Waals surface area contributed by atoms with Gasteiger partial charge in [0.2, 0.25) is 0 Å². The highest BCUT2D eigenvalue weighted by molar-refractivity contribution is 14.0. The van der Waals surface area contributed by atoms with Crippen molar-refractivity contribution in [2.75, 3.05) is 32.1 Å². The average molecular weight is 484 g/mol. The summed E-state index contributed by atoms with van der Waals surface area (Å²) in [6.45, 7) is 6.57. The summed E-state index contributed by atoms with van der Waals surface area (Å²) in [5, 5.41) is 6.90. The summed E-state index contributed by atoms with van der Waals surface area (Å²) in [7, 11) is 3.52. The zero-order valence-corrected chi connectivity index (χ0v) is 18.7. The second-order valence-corrected chi connectivity index (χ2v) is 6.61. The molecule has 0 aliphatic carbocycles. The van der Waals surface area contributed by atoms with Crippen molar-refractivity contribution in [3.05, 3.63) is 47.4 Å². The maximum Gasteiger partial charge on any atom is 0.191 e. The molecule has 1 fully saturated rings. The first-order valence-corrected chi connectivity index (χ1v) is 9.01. The van der Waals surface area contributed by atoms with Crippen LogP contribution in [0.4, 0.5) is 5.69 Å². The third-order valence-electron chi connectivity index (χ3n) is 4.77. The number of para-hydroxylation sites is 2. The third-order valence-corrected chi connectivity index (χ3v) is 4.77. The number of benzene rings is 1. The molecule has 0 amide bonds. The molecule has 148 valence electrons. The molecule has 0 saturated carbocycles. The van der Waals surface area contributed by atoms with Crippen LogP contribution < -0.4 is 20.3 Å². The van der Waals surface area contributed by atoms with E-state index in [9.17, 15) is 0 Å². The number of furan rings is 1. The van der Waals surface area contributed by atoms with E-state index in [1.807, 2.05) is 32.0 Å². The van der Waals surface area contributed by atoms with Crippen molar-refractivity contribution >= 4 is 35.6 Å². The van der Waals surface area contributed by atoms with Gasteiger partial charge in [-0.25, -0.2) is 0 Å². The maximum absolute atomic E-state index is 5.58. The van der Waals surface area contributed by atoms with Crippen molar-refractivity contribution < 1.29 is 9.15 Å². The van der Waals surface area contributed by atoms with Gasteiger partial charge in [-0.3, -0.25) is 4.99 Å². The quantitative estimate of drug-likeness (QED) is 0.387. The molecule has 2 N–H and O–H groups in total. The van der Waals surface area contributed by atoms with E-state index in [0.717, 1.165) is 54.0 Å². The largest absolute Gasteiger partial charge is 0.495 e. The minimum Gasteiger partial charge on any atom is -0.495 e. The lowest BCUT2D eigenvalue weighted by atomic mass is 10.2. The van der Waals surface area contributed by atoms with Crippen molar-refractivity contribution in [3.63, 3.8) is 0 Å². The van der Waals surface area contributed by atoms with Crippen molar-refractivity contribution in [3.8, 4) is 5.75 Å². The Balaban J connectivity index is 0.00000261. The predicted octanol–water partition coefficient (Wildman–Crippen LogP) is 3.47. The van der Waals surface area contributed by atoms with Gasteiger partial charge >= 0.3 is 0 Å².